The number of rotatable bonds is 4. The molecule has 2 N–H and O–H groups in total. The molecule has 92 valence electrons. The van der Waals surface area contributed by atoms with E-state index >= 15 is 0 Å². The SMILES string of the molecule is CC(Sc1ccccc1)(C(N)=O)c1cccnc1. The van der Waals surface area contributed by atoms with Crippen molar-refractivity contribution in [3.8, 4) is 0 Å². The number of carbonyl (C=O) groups is 1. The van der Waals surface area contributed by atoms with Gasteiger partial charge in [-0.05, 0) is 30.7 Å². The Labute approximate surface area is 110 Å². The van der Waals surface area contributed by atoms with Crippen LogP contribution in [-0.2, 0) is 9.54 Å². The van der Waals surface area contributed by atoms with Gasteiger partial charge in [0.15, 0.2) is 0 Å². The minimum Gasteiger partial charge on any atom is -0.368 e. The average Bonchev–Trinajstić information content (AvgIpc) is 2.40. The van der Waals surface area contributed by atoms with Crippen molar-refractivity contribution in [1.29, 1.82) is 0 Å². The van der Waals surface area contributed by atoms with E-state index in [0.29, 0.717) is 0 Å². The normalized spacial score (nSPS) is 13.8. The maximum absolute atomic E-state index is 11.8. The average molecular weight is 258 g/mol. The van der Waals surface area contributed by atoms with Gasteiger partial charge in [-0.2, -0.15) is 0 Å². The number of hydrogen-bond donors (Lipinski definition) is 1. The molecule has 2 aromatic rings. The fourth-order valence-electron chi connectivity index (χ4n) is 1.62. The first-order chi connectivity index (χ1) is 8.63. The van der Waals surface area contributed by atoms with Gasteiger partial charge < -0.3 is 5.73 Å². The number of nitrogens with zero attached hydrogens (tertiary/aromatic N) is 1. The summed E-state index contributed by atoms with van der Waals surface area (Å²) in [5, 5.41) is 0. The summed E-state index contributed by atoms with van der Waals surface area (Å²) < 4.78 is -0.810. The fraction of sp³-hybridized carbons (Fsp3) is 0.143. The molecule has 3 nitrogen and oxygen atoms in total. The molecule has 1 atom stereocenters. The lowest BCUT2D eigenvalue weighted by Gasteiger charge is -2.25. The van der Waals surface area contributed by atoms with Crippen molar-refractivity contribution in [2.45, 2.75) is 16.6 Å². The number of benzene rings is 1. The van der Waals surface area contributed by atoms with Crippen LogP contribution in [0, 0.1) is 0 Å². The van der Waals surface area contributed by atoms with Crippen LogP contribution in [0.3, 0.4) is 0 Å². The molecule has 0 saturated heterocycles. The predicted molar refractivity (Wildman–Crippen MR) is 73.1 cm³/mol. The van der Waals surface area contributed by atoms with Crippen LogP contribution in [-0.4, -0.2) is 10.9 Å². The molecular weight excluding hydrogens is 244 g/mol. The highest BCUT2D eigenvalue weighted by Gasteiger charge is 2.34. The molecule has 0 spiro atoms. The Morgan fingerprint density at radius 3 is 2.50 bits per heavy atom. The zero-order chi connectivity index (χ0) is 13.0. The number of primary amides is 1. The molecule has 0 saturated carbocycles. The summed E-state index contributed by atoms with van der Waals surface area (Å²) in [5.41, 5.74) is 6.37. The maximum atomic E-state index is 11.8. The van der Waals surface area contributed by atoms with Crippen molar-refractivity contribution >= 4 is 17.7 Å². The van der Waals surface area contributed by atoms with Gasteiger partial charge in [-0.15, -0.1) is 11.8 Å². The lowest BCUT2D eigenvalue weighted by Crippen LogP contribution is -2.35. The van der Waals surface area contributed by atoms with E-state index in [2.05, 4.69) is 4.98 Å². The monoisotopic (exact) mass is 258 g/mol. The van der Waals surface area contributed by atoms with Crippen LogP contribution >= 0.6 is 11.8 Å². The fourth-order valence-corrected chi connectivity index (χ4v) is 2.72. The van der Waals surface area contributed by atoms with E-state index in [1.165, 1.54) is 11.8 Å². The Morgan fingerprint density at radius 2 is 1.94 bits per heavy atom. The van der Waals surface area contributed by atoms with Gasteiger partial charge in [0, 0.05) is 17.3 Å². The van der Waals surface area contributed by atoms with Gasteiger partial charge in [0.1, 0.15) is 4.75 Å². The number of thioether (sulfide) groups is 1. The standard InChI is InChI=1S/C14H14N2OS/c1-14(13(15)17,11-6-5-9-16-10-11)18-12-7-3-2-4-8-12/h2-10H,1H3,(H2,15,17). The highest BCUT2D eigenvalue weighted by molar-refractivity contribution is 8.01. The van der Waals surface area contributed by atoms with Crippen molar-refractivity contribution < 1.29 is 4.79 Å². The van der Waals surface area contributed by atoms with E-state index in [0.717, 1.165) is 10.5 Å². The summed E-state index contributed by atoms with van der Waals surface area (Å²) >= 11 is 1.44. The smallest absolute Gasteiger partial charge is 0.238 e. The van der Waals surface area contributed by atoms with E-state index in [-0.39, 0.29) is 5.91 Å². The number of carbonyl (C=O) groups excluding carboxylic acids is 1. The molecule has 0 radical (unpaired) electrons. The third kappa shape index (κ3) is 2.54. The Hall–Kier alpha value is -1.81. The Kier molecular flexibility index (Phi) is 3.67. The lowest BCUT2D eigenvalue weighted by molar-refractivity contribution is -0.120. The first-order valence-corrected chi connectivity index (χ1v) is 6.39. The molecule has 0 aliphatic carbocycles. The Bertz CT molecular complexity index is 530. The summed E-state index contributed by atoms with van der Waals surface area (Å²) in [6.07, 6.45) is 3.36. The predicted octanol–water partition coefficient (Wildman–Crippen LogP) is 2.57. The Morgan fingerprint density at radius 1 is 1.22 bits per heavy atom. The van der Waals surface area contributed by atoms with Crippen LogP contribution in [0.4, 0.5) is 0 Å². The van der Waals surface area contributed by atoms with Gasteiger partial charge in [0.25, 0.3) is 0 Å². The Balaban J connectivity index is 2.37. The third-order valence-electron chi connectivity index (χ3n) is 2.75. The molecule has 1 aromatic carbocycles. The number of nitrogens with two attached hydrogens (primary N) is 1. The van der Waals surface area contributed by atoms with E-state index < -0.39 is 4.75 Å². The van der Waals surface area contributed by atoms with Crippen LogP contribution in [0.5, 0.6) is 0 Å². The van der Waals surface area contributed by atoms with Crippen molar-refractivity contribution in [2.75, 3.05) is 0 Å². The molecular formula is C14H14N2OS. The van der Waals surface area contributed by atoms with Crippen LogP contribution in [0.1, 0.15) is 12.5 Å². The second kappa shape index (κ2) is 5.23. The molecule has 1 aromatic heterocycles. The largest absolute Gasteiger partial charge is 0.368 e. The van der Waals surface area contributed by atoms with Crippen LogP contribution in [0.2, 0.25) is 0 Å². The maximum Gasteiger partial charge on any atom is 0.238 e. The minimum atomic E-state index is -0.810. The van der Waals surface area contributed by atoms with Gasteiger partial charge >= 0.3 is 0 Å². The second-order valence-corrected chi connectivity index (χ2v) is 5.55. The molecule has 4 heteroatoms. The van der Waals surface area contributed by atoms with Gasteiger partial charge in [0.2, 0.25) is 5.91 Å². The van der Waals surface area contributed by atoms with Crippen LogP contribution < -0.4 is 5.73 Å². The third-order valence-corrected chi connectivity index (χ3v) is 4.10. The summed E-state index contributed by atoms with van der Waals surface area (Å²) in [6.45, 7) is 1.82. The lowest BCUT2D eigenvalue weighted by atomic mass is 10.0. The van der Waals surface area contributed by atoms with E-state index in [1.54, 1.807) is 12.4 Å². The van der Waals surface area contributed by atoms with Gasteiger partial charge in [-0.3, -0.25) is 9.78 Å². The highest BCUT2D eigenvalue weighted by Crippen LogP contribution is 2.40. The van der Waals surface area contributed by atoms with Crippen LogP contribution in [0.25, 0.3) is 0 Å². The number of hydrogen-bond acceptors (Lipinski definition) is 3. The van der Waals surface area contributed by atoms with E-state index in [9.17, 15) is 4.79 Å². The van der Waals surface area contributed by atoms with Gasteiger partial charge in [-0.25, -0.2) is 0 Å². The molecule has 2 rings (SSSR count). The number of amides is 1. The highest BCUT2D eigenvalue weighted by atomic mass is 32.2. The molecule has 0 fully saturated rings. The van der Waals surface area contributed by atoms with Crippen molar-refractivity contribution in [1.82, 2.24) is 4.98 Å². The first kappa shape index (κ1) is 12.6. The van der Waals surface area contributed by atoms with Crippen molar-refractivity contribution in [3.63, 3.8) is 0 Å². The minimum absolute atomic E-state index is 0.371. The molecule has 18 heavy (non-hydrogen) atoms. The second-order valence-electron chi connectivity index (χ2n) is 4.05. The zero-order valence-electron chi connectivity index (χ0n) is 10.0. The molecule has 1 unspecified atom stereocenters. The number of aromatic nitrogens is 1. The summed E-state index contributed by atoms with van der Waals surface area (Å²) in [6, 6.07) is 13.4. The van der Waals surface area contributed by atoms with Crippen LogP contribution in [0.15, 0.2) is 59.8 Å². The molecule has 1 heterocycles. The van der Waals surface area contributed by atoms with Gasteiger partial charge in [0.05, 0.1) is 0 Å². The number of pyridine rings is 1. The summed E-state index contributed by atoms with van der Waals surface area (Å²) in [5.74, 6) is -0.371. The first-order valence-electron chi connectivity index (χ1n) is 5.57. The van der Waals surface area contributed by atoms with Crippen molar-refractivity contribution in [3.05, 3.63) is 60.4 Å². The quantitative estimate of drug-likeness (QED) is 0.857. The van der Waals surface area contributed by atoms with Crippen molar-refractivity contribution in [2.24, 2.45) is 5.73 Å². The summed E-state index contributed by atoms with van der Waals surface area (Å²) in [4.78, 5) is 16.9. The molecule has 0 aliphatic rings. The molecule has 0 bridgehead atoms. The zero-order valence-corrected chi connectivity index (χ0v) is 10.9. The van der Waals surface area contributed by atoms with Gasteiger partial charge in [-0.1, -0.05) is 24.3 Å². The molecule has 1 amide bonds. The topological polar surface area (TPSA) is 56.0 Å². The van der Waals surface area contributed by atoms with E-state index in [1.807, 2.05) is 49.4 Å². The summed E-state index contributed by atoms with van der Waals surface area (Å²) in [7, 11) is 0. The molecule has 0 aliphatic heterocycles. The van der Waals surface area contributed by atoms with E-state index in [4.69, 9.17) is 5.73 Å².